The van der Waals surface area contributed by atoms with E-state index in [2.05, 4.69) is 27.4 Å². The zero-order valence-electron chi connectivity index (χ0n) is 19.3. The third-order valence-electron chi connectivity index (χ3n) is 6.74. The van der Waals surface area contributed by atoms with Gasteiger partial charge in [-0.25, -0.2) is 9.48 Å². The Hall–Kier alpha value is -2.84. The number of pyridine rings is 1. The average molecular weight is 517 g/mol. The number of aryl methyl sites for hydroxylation is 1. The molecule has 0 amide bonds. The first-order valence-electron chi connectivity index (χ1n) is 11.8. The summed E-state index contributed by atoms with van der Waals surface area (Å²) in [6.45, 7) is 0.551. The maximum Gasteiger partial charge on any atom is 0.356 e. The Kier molecular flexibility index (Phi) is 6.84. The third-order valence-corrected chi connectivity index (χ3v) is 7.32. The quantitative estimate of drug-likeness (QED) is 0.377. The molecule has 2 fully saturated rings. The molecule has 5 rings (SSSR count). The van der Waals surface area contributed by atoms with Crippen LogP contribution in [0.2, 0.25) is 10.0 Å². The Morgan fingerprint density at radius 3 is 2.54 bits per heavy atom. The number of allylic oxidation sites excluding steroid dienone is 1. The molecule has 1 N–H and O–H groups in total. The first kappa shape index (κ1) is 23.9. The summed E-state index contributed by atoms with van der Waals surface area (Å²) < 4.78 is 13.1. The molecule has 0 saturated heterocycles. The summed E-state index contributed by atoms with van der Waals surface area (Å²) in [5, 5.41) is 18.3. The van der Waals surface area contributed by atoms with E-state index in [-0.39, 0.29) is 5.69 Å². The molecule has 0 aliphatic heterocycles. The van der Waals surface area contributed by atoms with Crippen LogP contribution in [0.5, 0.6) is 5.88 Å². The largest absolute Gasteiger partial charge is 0.478 e. The highest BCUT2D eigenvalue weighted by Gasteiger charge is 2.33. The van der Waals surface area contributed by atoms with Crippen LogP contribution < -0.4 is 4.74 Å². The molecular formula is C25H26Cl2N4O4. The number of carboxylic acids is 1. The van der Waals surface area contributed by atoms with Crippen molar-refractivity contribution >= 4 is 35.2 Å². The van der Waals surface area contributed by atoms with Gasteiger partial charge >= 0.3 is 5.97 Å². The van der Waals surface area contributed by atoms with Crippen LogP contribution in [-0.2, 0) is 7.05 Å². The molecule has 2 aliphatic rings. The van der Waals surface area contributed by atoms with Crippen LogP contribution in [0.15, 0.2) is 29.1 Å². The van der Waals surface area contributed by atoms with Gasteiger partial charge in [-0.15, -0.1) is 0 Å². The molecule has 35 heavy (non-hydrogen) atoms. The van der Waals surface area contributed by atoms with Crippen LogP contribution in [0, 0.1) is 11.8 Å². The zero-order valence-corrected chi connectivity index (χ0v) is 20.8. The molecule has 184 valence electrons. The Morgan fingerprint density at radius 2 is 1.91 bits per heavy atom. The van der Waals surface area contributed by atoms with Crippen molar-refractivity contribution in [2.75, 3.05) is 6.61 Å². The summed E-state index contributed by atoms with van der Waals surface area (Å²) in [7, 11) is 1.69. The molecule has 0 aromatic carbocycles. The van der Waals surface area contributed by atoms with Gasteiger partial charge in [-0.3, -0.25) is 4.98 Å². The molecule has 2 aliphatic carbocycles. The lowest BCUT2D eigenvalue weighted by Gasteiger charge is -2.26. The normalized spacial score (nSPS) is 20.4. The predicted molar refractivity (Wildman–Crippen MR) is 132 cm³/mol. The molecule has 0 unspecified atom stereocenters. The number of halogens is 2. The number of nitrogens with zero attached hydrogens (tertiary/aromatic N) is 4. The molecule has 3 heterocycles. The van der Waals surface area contributed by atoms with Crippen LogP contribution in [-0.4, -0.2) is 37.6 Å². The Balaban J connectivity index is 1.23. The van der Waals surface area contributed by atoms with Crippen LogP contribution in [0.1, 0.15) is 66.3 Å². The zero-order chi connectivity index (χ0) is 24.5. The van der Waals surface area contributed by atoms with Gasteiger partial charge in [-0.2, -0.15) is 5.10 Å². The van der Waals surface area contributed by atoms with Crippen molar-refractivity contribution in [1.82, 2.24) is 19.9 Å². The highest BCUT2D eigenvalue weighted by atomic mass is 35.5. The van der Waals surface area contributed by atoms with E-state index >= 15 is 0 Å². The summed E-state index contributed by atoms with van der Waals surface area (Å²) in [6, 6.07) is 1.46. The SMILES string of the molecule is Cn1nc(C(=O)O)cc1OCC1CCC(/C=C/c2c(-c3c(Cl)cncc3Cl)noc2C2CC2)CC1. The van der Waals surface area contributed by atoms with Crippen molar-refractivity contribution in [3.8, 4) is 17.1 Å². The molecule has 0 radical (unpaired) electrons. The third kappa shape index (κ3) is 5.23. The van der Waals surface area contributed by atoms with Crippen molar-refractivity contribution in [3.05, 3.63) is 51.6 Å². The van der Waals surface area contributed by atoms with Crippen molar-refractivity contribution < 1.29 is 19.2 Å². The monoisotopic (exact) mass is 516 g/mol. The standard InChI is InChI=1S/C25H26Cl2N4O4/c1-31-21(10-20(29-31)25(32)33)34-13-15-4-2-14(3-5-15)6-9-17-23(30-35-24(17)16-7-8-16)22-18(26)11-28-12-19(22)27/h6,9-12,14-16H,2-5,7-8,13H2,1H3,(H,32,33)/b9-6+. The minimum atomic E-state index is -1.06. The van der Waals surface area contributed by atoms with Crippen molar-refractivity contribution in [3.63, 3.8) is 0 Å². The van der Waals surface area contributed by atoms with Gasteiger partial charge in [0.2, 0.25) is 5.88 Å². The van der Waals surface area contributed by atoms with Gasteiger partial charge in [0, 0.05) is 42.6 Å². The van der Waals surface area contributed by atoms with E-state index < -0.39 is 5.97 Å². The Morgan fingerprint density at radius 1 is 1.20 bits per heavy atom. The maximum atomic E-state index is 11.1. The molecule has 10 heteroatoms. The molecule has 3 aromatic heterocycles. The Bertz CT molecular complexity index is 1240. The summed E-state index contributed by atoms with van der Waals surface area (Å²) in [6.07, 6.45) is 13.9. The van der Waals surface area contributed by atoms with Gasteiger partial charge < -0.3 is 14.4 Å². The lowest BCUT2D eigenvalue weighted by molar-refractivity contribution is 0.0689. The molecule has 2 saturated carbocycles. The lowest BCUT2D eigenvalue weighted by Crippen LogP contribution is -2.19. The van der Waals surface area contributed by atoms with Crippen LogP contribution in [0.25, 0.3) is 17.3 Å². The van der Waals surface area contributed by atoms with E-state index in [1.54, 1.807) is 19.4 Å². The molecule has 0 spiro atoms. The van der Waals surface area contributed by atoms with Crippen LogP contribution in [0.3, 0.4) is 0 Å². The van der Waals surface area contributed by atoms with Gasteiger partial charge in [0.15, 0.2) is 5.69 Å². The fourth-order valence-corrected chi connectivity index (χ4v) is 5.15. The van der Waals surface area contributed by atoms with E-state index in [0.717, 1.165) is 49.8 Å². The smallest absolute Gasteiger partial charge is 0.356 e. The van der Waals surface area contributed by atoms with Crippen molar-refractivity contribution in [2.45, 2.75) is 44.4 Å². The van der Waals surface area contributed by atoms with E-state index in [9.17, 15) is 4.79 Å². The van der Waals surface area contributed by atoms with E-state index in [1.165, 1.54) is 10.7 Å². The molecular weight excluding hydrogens is 491 g/mol. The minimum absolute atomic E-state index is 0.00985. The predicted octanol–water partition coefficient (Wildman–Crippen LogP) is 6.25. The topological polar surface area (TPSA) is 103 Å². The highest BCUT2D eigenvalue weighted by Crippen LogP contribution is 2.46. The fourth-order valence-electron chi connectivity index (χ4n) is 4.60. The summed E-state index contributed by atoms with van der Waals surface area (Å²) in [5.41, 5.74) is 2.27. The average Bonchev–Trinajstić information content (AvgIpc) is 3.49. The van der Waals surface area contributed by atoms with Crippen molar-refractivity contribution in [2.24, 2.45) is 18.9 Å². The molecule has 0 atom stereocenters. The van der Waals surface area contributed by atoms with Crippen LogP contribution in [0.4, 0.5) is 0 Å². The fraction of sp³-hybridized carbons (Fsp3) is 0.440. The Labute approximate surface area is 212 Å². The first-order valence-corrected chi connectivity index (χ1v) is 12.5. The van der Waals surface area contributed by atoms with Gasteiger partial charge in [-0.05, 0) is 50.4 Å². The maximum absolute atomic E-state index is 11.1. The summed E-state index contributed by atoms with van der Waals surface area (Å²) in [5.74, 6) is 1.59. The second-order valence-corrected chi connectivity index (χ2v) is 10.1. The highest BCUT2D eigenvalue weighted by molar-refractivity contribution is 6.39. The molecule has 0 bridgehead atoms. The second kappa shape index (κ2) is 10.0. The minimum Gasteiger partial charge on any atom is -0.478 e. The molecule has 8 nitrogen and oxygen atoms in total. The van der Waals surface area contributed by atoms with E-state index in [4.69, 9.17) is 37.6 Å². The number of carbonyl (C=O) groups is 1. The van der Waals surface area contributed by atoms with Gasteiger partial charge in [0.05, 0.1) is 16.7 Å². The number of hydrogen-bond acceptors (Lipinski definition) is 6. The van der Waals surface area contributed by atoms with Crippen molar-refractivity contribution in [1.29, 1.82) is 0 Å². The van der Waals surface area contributed by atoms with Gasteiger partial charge in [-0.1, -0.05) is 40.5 Å². The number of aromatic nitrogens is 4. The summed E-state index contributed by atoms with van der Waals surface area (Å²) >= 11 is 12.8. The molecule has 3 aromatic rings. The summed E-state index contributed by atoms with van der Waals surface area (Å²) in [4.78, 5) is 15.1. The number of ether oxygens (including phenoxy) is 1. The second-order valence-electron chi connectivity index (χ2n) is 9.31. The lowest BCUT2D eigenvalue weighted by atomic mass is 9.82. The van der Waals surface area contributed by atoms with Gasteiger partial charge in [0.1, 0.15) is 11.5 Å². The number of aromatic carboxylic acids is 1. The number of rotatable bonds is 8. The number of hydrogen-bond donors (Lipinski definition) is 1. The van der Waals surface area contributed by atoms with E-state index in [1.807, 2.05) is 0 Å². The first-order chi connectivity index (χ1) is 16.9. The van der Waals surface area contributed by atoms with E-state index in [0.29, 0.717) is 51.5 Å². The van der Waals surface area contributed by atoms with Crippen LogP contribution >= 0.6 is 23.2 Å². The number of carboxylic acid groups (broad SMARTS) is 1. The van der Waals surface area contributed by atoms with Gasteiger partial charge in [0.25, 0.3) is 0 Å².